The molecule has 0 unspecified atom stereocenters. The molecule has 0 fully saturated rings. The summed E-state index contributed by atoms with van der Waals surface area (Å²) in [5.41, 5.74) is -0.0709. The third kappa shape index (κ3) is 3.18. The number of H-pyrrole nitrogens is 1. The molecule has 0 atom stereocenters. The van der Waals surface area contributed by atoms with Gasteiger partial charge in [0.2, 0.25) is 0 Å². The number of hydrogen-bond donors (Lipinski definition) is 1. The van der Waals surface area contributed by atoms with Gasteiger partial charge in [-0.1, -0.05) is 6.92 Å². The van der Waals surface area contributed by atoms with Gasteiger partial charge in [0, 0.05) is 18.7 Å². The van der Waals surface area contributed by atoms with Crippen molar-refractivity contribution < 1.29 is 0 Å². The Bertz CT molecular complexity index is 259. The zero-order valence-corrected chi connectivity index (χ0v) is 7.15. The fourth-order valence-corrected chi connectivity index (χ4v) is 0.775. The Morgan fingerprint density at radius 2 is 2.36 bits per heavy atom. The van der Waals surface area contributed by atoms with Crippen molar-refractivity contribution in [2.45, 2.75) is 19.8 Å². The van der Waals surface area contributed by atoms with Gasteiger partial charge >= 0.3 is 0 Å². The first-order valence-electron chi connectivity index (χ1n) is 3.37. The number of halogens is 1. The first-order chi connectivity index (χ1) is 4.83. The van der Waals surface area contributed by atoms with E-state index in [2.05, 4.69) is 9.97 Å². The average molecular weight is 175 g/mol. The Labute approximate surface area is 71.3 Å². The third-order valence-electron chi connectivity index (χ3n) is 1.21. The minimum absolute atomic E-state index is 0. The van der Waals surface area contributed by atoms with Crippen molar-refractivity contribution in [1.29, 1.82) is 0 Å². The normalized spacial score (nSPS) is 8.82. The van der Waals surface area contributed by atoms with Crippen molar-refractivity contribution in [3.63, 3.8) is 0 Å². The Morgan fingerprint density at radius 1 is 1.64 bits per heavy atom. The molecule has 0 aromatic carbocycles. The van der Waals surface area contributed by atoms with Gasteiger partial charge < -0.3 is 4.98 Å². The van der Waals surface area contributed by atoms with E-state index in [-0.39, 0.29) is 18.0 Å². The Balaban J connectivity index is 0.000001000. The van der Waals surface area contributed by atoms with Crippen molar-refractivity contribution in [1.82, 2.24) is 9.97 Å². The molecule has 1 rings (SSSR count). The van der Waals surface area contributed by atoms with Crippen LogP contribution in [0.15, 0.2) is 17.1 Å². The number of nitrogens with zero attached hydrogens (tertiary/aromatic N) is 1. The van der Waals surface area contributed by atoms with E-state index in [0.717, 1.165) is 18.7 Å². The largest absolute Gasteiger partial charge is 0.311 e. The van der Waals surface area contributed by atoms with Crippen LogP contribution in [0.4, 0.5) is 0 Å². The minimum Gasteiger partial charge on any atom is -0.311 e. The van der Waals surface area contributed by atoms with Gasteiger partial charge in [-0.05, 0) is 6.42 Å². The molecule has 0 aliphatic heterocycles. The molecule has 1 heterocycles. The molecule has 1 aromatic rings. The quantitative estimate of drug-likeness (QED) is 0.731. The number of rotatable bonds is 2. The van der Waals surface area contributed by atoms with E-state index in [0.29, 0.717) is 0 Å². The predicted octanol–water partition coefficient (Wildman–Crippen LogP) is 1.14. The maximum Gasteiger partial charge on any atom is 0.250 e. The first-order valence-corrected chi connectivity index (χ1v) is 3.37. The summed E-state index contributed by atoms with van der Waals surface area (Å²) in [6.07, 6.45) is 3.38. The second-order valence-electron chi connectivity index (χ2n) is 2.13. The van der Waals surface area contributed by atoms with Crippen molar-refractivity contribution in [2.24, 2.45) is 0 Å². The van der Waals surface area contributed by atoms with Gasteiger partial charge in [-0.2, -0.15) is 0 Å². The van der Waals surface area contributed by atoms with Gasteiger partial charge in [0.1, 0.15) is 5.82 Å². The van der Waals surface area contributed by atoms with Gasteiger partial charge in [-0.25, -0.2) is 4.98 Å². The zero-order chi connectivity index (χ0) is 7.40. The Hall–Kier alpha value is -0.830. The van der Waals surface area contributed by atoms with E-state index in [1.807, 2.05) is 6.92 Å². The SMILES string of the molecule is CCCc1nccc(=O)[nH]1.Cl. The van der Waals surface area contributed by atoms with Crippen molar-refractivity contribution in [3.05, 3.63) is 28.4 Å². The number of hydrogen-bond acceptors (Lipinski definition) is 2. The lowest BCUT2D eigenvalue weighted by Gasteiger charge is -1.93. The number of aryl methyl sites for hydroxylation is 1. The summed E-state index contributed by atoms with van der Waals surface area (Å²) in [4.78, 5) is 17.3. The fraction of sp³-hybridized carbons (Fsp3) is 0.429. The molecule has 0 spiro atoms. The van der Waals surface area contributed by atoms with Crippen LogP contribution in [0.1, 0.15) is 19.2 Å². The highest BCUT2D eigenvalue weighted by molar-refractivity contribution is 5.85. The summed E-state index contributed by atoms with van der Waals surface area (Å²) in [6.45, 7) is 2.05. The summed E-state index contributed by atoms with van der Waals surface area (Å²) in [5, 5.41) is 0. The molecule has 1 N–H and O–H groups in total. The standard InChI is InChI=1S/C7H10N2O.ClH/c1-2-3-6-8-5-4-7(10)9-6;/h4-5H,2-3H2,1H3,(H,8,9,10);1H. The van der Waals surface area contributed by atoms with E-state index < -0.39 is 0 Å². The molecule has 11 heavy (non-hydrogen) atoms. The molecule has 4 heteroatoms. The number of aromatic amines is 1. The van der Waals surface area contributed by atoms with E-state index >= 15 is 0 Å². The molecule has 1 aromatic heterocycles. The lowest BCUT2D eigenvalue weighted by Crippen LogP contribution is -2.08. The summed E-state index contributed by atoms with van der Waals surface area (Å²) >= 11 is 0. The van der Waals surface area contributed by atoms with Crippen molar-refractivity contribution in [2.75, 3.05) is 0 Å². The third-order valence-corrected chi connectivity index (χ3v) is 1.21. The first kappa shape index (κ1) is 10.2. The maximum atomic E-state index is 10.7. The molecule has 0 amide bonds. The summed E-state index contributed by atoms with van der Waals surface area (Å²) < 4.78 is 0. The predicted molar refractivity (Wildman–Crippen MR) is 46.1 cm³/mol. The van der Waals surface area contributed by atoms with Crippen LogP contribution >= 0.6 is 12.4 Å². The zero-order valence-electron chi connectivity index (χ0n) is 6.33. The van der Waals surface area contributed by atoms with Gasteiger partial charge in [-0.15, -0.1) is 12.4 Å². The van der Waals surface area contributed by atoms with E-state index in [1.165, 1.54) is 12.3 Å². The molecular weight excluding hydrogens is 164 g/mol. The van der Waals surface area contributed by atoms with E-state index in [9.17, 15) is 4.79 Å². The van der Waals surface area contributed by atoms with Crippen LogP contribution in [0.3, 0.4) is 0 Å². The minimum atomic E-state index is -0.0709. The molecule has 0 bridgehead atoms. The average Bonchev–Trinajstić information content (AvgIpc) is 1.88. The monoisotopic (exact) mass is 174 g/mol. The van der Waals surface area contributed by atoms with E-state index in [1.54, 1.807) is 0 Å². The summed E-state index contributed by atoms with van der Waals surface area (Å²) in [7, 11) is 0. The molecule has 0 aliphatic carbocycles. The summed E-state index contributed by atoms with van der Waals surface area (Å²) in [5.74, 6) is 0.773. The van der Waals surface area contributed by atoms with Gasteiger partial charge in [0.05, 0.1) is 0 Å². The van der Waals surface area contributed by atoms with Crippen LogP contribution in [0.5, 0.6) is 0 Å². The van der Waals surface area contributed by atoms with E-state index in [4.69, 9.17) is 0 Å². The van der Waals surface area contributed by atoms with Crippen molar-refractivity contribution in [3.8, 4) is 0 Å². The Morgan fingerprint density at radius 3 is 2.91 bits per heavy atom. The molecule has 3 nitrogen and oxygen atoms in total. The van der Waals surface area contributed by atoms with Gasteiger partial charge in [0.15, 0.2) is 0 Å². The fourth-order valence-electron chi connectivity index (χ4n) is 0.775. The van der Waals surface area contributed by atoms with Crippen LogP contribution < -0.4 is 5.56 Å². The number of aromatic nitrogens is 2. The topological polar surface area (TPSA) is 45.8 Å². The number of nitrogens with one attached hydrogen (secondary N) is 1. The molecular formula is C7H11ClN2O. The van der Waals surface area contributed by atoms with Crippen molar-refractivity contribution >= 4 is 12.4 Å². The van der Waals surface area contributed by atoms with Crippen LogP contribution in [0, 0.1) is 0 Å². The van der Waals surface area contributed by atoms with Gasteiger partial charge in [0.25, 0.3) is 5.56 Å². The van der Waals surface area contributed by atoms with Crippen LogP contribution in [-0.4, -0.2) is 9.97 Å². The van der Waals surface area contributed by atoms with Gasteiger partial charge in [-0.3, -0.25) is 4.79 Å². The van der Waals surface area contributed by atoms with Crippen LogP contribution in [-0.2, 0) is 6.42 Å². The lowest BCUT2D eigenvalue weighted by atomic mass is 10.3. The summed E-state index contributed by atoms with van der Waals surface area (Å²) in [6, 6.07) is 1.42. The molecule has 0 saturated carbocycles. The highest BCUT2D eigenvalue weighted by atomic mass is 35.5. The molecule has 0 radical (unpaired) electrons. The van der Waals surface area contributed by atoms with Crippen LogP contribution in [0.2, 0.25) is 0 Å². The second kappa shape index (κ2) is 4.91. The molecule has 62 valence electrons. The second-order valence-corrected chi connectivity index (χ2v) is 2.13. The highest BCUT2D eigenvalue weighted by Crippen LogP contribution is 1.88. The molecule has 0 aliphatic rings. The Kier molecular flexibility index (Phi) is 4.54. The smallest absolute Gasteiger partial charge is 0.250 e. The lowest BCUT2D eigenvalue weighted by molar-refractivity contribution is 0.825. The highest BCUT2D eigenvalue weighted by Gasteiger charge is 1.90. The maximum absolute atomic E-state index is 10.7. The van der Waals surface area contributed by atoms with Crippen LogP contribution in [0.25, 0.3) is 0 Å². The molecule has 0 saturated heterocycles.